The third-order valence-corrected chi connectivity index (χ3v) is 12.7. The van der Waals surface area contributed by atoms with Gasteiger partial charge >= 0.3 is 0 Å². The number of aliphatic hydroxyl groups is 2. The molecule has 0 spiro atoms. The van der Waals surface area contributed by atoms with Gasteiger partial charge in [0.2, 0.25) is 21.7 Å². The van der Waals surface area contributed by atoms with Gasteiger partial charge in [0.05, 0.1) is 29.2 Å². The fraction of sp³-hybridized carbons (Fsp3) is 0.524. The Balaban J connectivity index is 1.78. The van der Waals surface area contributed by atoms with E-state index >= 15 is 0 Å². The molecule has 0 saturated heterocycles. The topological polar surface area (TPSA) is 156 Å². The number of hydrogen-bond donors (Lipinski definition) is 3. The van der Waals surface area contributed by atoms with Gasteiger partial charge in [-0.3, -0.25) is 4.79 Å². The molecule has 1 saturated carbocycles. The Bertz CT molecular complexity index is 1810. The molecule has 1 fully saturated rings. The molecule has 13 heteroatoms. The quantitative estimate of drug-likeness (QED) is 0.0725. The van der Waals surface area contributed by atoms with E-state index in [2.05, 4.69) is 29.7 Å². The zero-order valence-electron chi connectivity index (χ0n) is 32.3. The number of aliphatic hydroxyl groups excluding tert-OH is 2. The molecule has 55 heavy (non-hydrogen) atoms. The monoisotopic (exact) mass is 779 g/mol. The summed E-state index contributed by atoms with van der Waals surface area (Å²) in [6.07, 6.45) is 10.7. The number of fused-ring (bicyclic) bond motifs is 2. The van der Waals surface area contributed by atoms with Crippen molar-refractivity contribution in [3.05, 3.63) is 85.0 Å². The van der Waals surface area contributed by atoms with Crippen molar-refractivity contribution in [1.82, 2.24) is 4.31 Å². The summed E-state index contributed by atoms with van der Waals surface area (Å²) in [7, 11) is -2.71. The molecular weight excluding hydrogens is 723 g/mol. The van der Waals surface area contributed by atoms with Crippen LogP contribution in [-0.2, 0) is 24.4 Å². The summed E-state index contributed by atoms with van der Waals surface area (Å²) in [6.45, 7) is 11.8. The molecule has 0 unspecified atom stereocenters. The van der Waals surface area contributed by atoms with E-state index in [1.807, 2.05) is 25.1 Å². The molecule has 1 aliphatic heterocycles. The SMILES string of the molecule is C=CCOc1ccc2c(c1)[C@H]1[C@H](CCCCO)[C@@H](CCCCO)C=C3C(=NOC)C[C@H](N(CCC)S(=O)(=O)c4ccc(NC(C)=O)cc4)[C@@](OCC=C)(O2)[C@H]31. The van der Waals surface area contributed by atoms with Crippen LogP contribution in [-0.4, -0.2) is 86.5 Å². The number of oxime groups is 1. The second-order valence-electron chi connectivity index (χ2n) is 14.4. The van der Waals surface area contributed by atoms with E-state index in [-0.39, 0.29) is 61.3 Å². The lowest BCUT2D eigenvalue weighted by atomic mass is 9.55. The summed E-state index contributed by atoms with van der Waals surface area (Å²) in [6, 6.07) is 11.0. The van der Waals surface area contributed by atoms with Crippen molar-refractivity contribution in [1.29, 1.82) is 0 Å². The molecule has 2 aromatic rings. The van der Waals surface area contributed by atoms with Crippen LogP contribution in [0, 0.1) is 17.8 Å². The van der Waals surface area contributed by atoms with E-state index in [4.69, 9.17) is 19.0 Å². The zero-order chi connectivity index (χ0) is 39.6. The minimum absolute atomic E-state index is 0.0306. The van der Waals surface area contributed by atoms with Crippen LogP contribution in [0.1, 0.15) is 76.7 Å². The number of sulfonamides is 1. The van der Waals surface area contributed by atoms with Gasteiger partial charge in [-0.1, -0.05) is 49.7 Å². The van der Waals surface area contributed by atoms with E-state index in [1.54, 1.807) is 24.3 Å². The molecule has 6 atom stereocenters. The number of anilines is 1. The van der Waals surface area contributed by atoms with Crippen LogP contribution in [0.25, 0.3) is 0 Å². The number of allylic oxidation sites excluding steroid dienone is 1. The minimum atomic E-state index is -4.20. The normalized spacial score (nSPS) is 24.9. The molecule has 300 valence electrons. The first-order chi connectivity index (χ1) is 26.6. The summed E-state index contributed by atoms with van der Waals surface area (Å²) in [5.41, 5.74) is 2.91. The molecule has 2 aromatic carbocycles. The molecule has 0 bridgehead atoms. The van der Waals surface area contributed by atoms with Crippen LogP contribution >= 0.6 is 0 Å². The summed E-state index contributed by atoms with van der Waals surface area (Å²) in [4.78, 5) is 17.3. The number of nitrogens with one attached hydrogen (secondary N) is 1. The van der Waals surface area contributed by atoms with Gasteiger partial charge in [-0.2, -0.15) is 4.31 Å². The zero-order valence-corrected chi connectivity index (χ0v) is 33.1. The van der Waals surface area contributed by atoms with E-state index < -0.39 is 27.8 Å². The maximum Gasteiger partial charge on any atom is 0.243 e. The molecule has 2 aliphatic carbocycles. The van der Waals surface area contributed by atoms with Crippen molar-refractivity contribution in [3.8, 4) is 11.5 Å². The molecule has 0 aromatic heterocycles. The van der Waals surface area contributed by atoms with E-state index in [0.717, 1.165) is 36.8 Å². The highest BCUT2D eigenvalue weighted by Gasteiger charge is 2.66. The van der Waals surface area contributed by atoms with E-state index in [0.29, 0.717) is 48.8 Å². The Labute approximate surface area is 325 Å². The van der Waals surface area contributed by atoms with Crippen LogP contribution in [0.4, 0.5) is 5.69 Å². The fourth-order valence-electron chi connectivity index (χ4n) is 8.69. The number of nitrogens with zero attached hydrogens (tertiary/aromatic N) is 2. The largest absolute Gasteiger partial charge is 0.490 e. The van der Waals surface area contributed by atoms with Gasteiger partial charge in [-0.05, 0) is 92.0 Å². The number of unbranched alkanes of at least 4 members (excludes halogenated alkanes) is 2. The standard InChI is InChI=1S/C42H57N3O9S/c1-6-21-45(55(49,50)33-18-15-31(16-19-33)43-29(4)48)39-28-37(44-51-5)35-26-30(13-9-11-22-46)34(14-10-12-23-47)40-36-27-32(52-24-7-2)17-20-38(36)54-42(39,41(35)40)53-25-8-3/h7-8,15-20,26-27,30,34,39-41,46-47H,2-3,6,9-14,21-25,28H2,1,4-5H3,(H,43,48)/t30-,34+,39-,40+,41+,42+/m0/s1. The molecule has 1 heterocycles. The van der Waals surface area contributed by atoms with Crippen LogP contribution in [0.3, 0.4) is 0 Å². The van der Waals surface area contributed by atoms with Gasteiger partial charge < -0.3 is 34.6 Å². The summed E-state index contributed by atoms with van der Waals surface area (Å²) >= 11 is 0. The Kier molecular flexibility index (Phi) is 14.7. The predicted molar refractivity (Wildman–Crippen MR) is 213 cm³/mol. The van der Waals surface area contributed by atoms with Crippen LogP contribution in [0.2, 0.25) is 0 Å². The number of amides is 1. The molecule has 0 radical (unpaired) electrons. The van der Waals surface area contributed by atoms with Crippen molar-refractivity contribution in [2.24, 2.45) is 22.9 Å². The Morgan fingerprint density at radius 3 is 2.40 bits per heavy atom. The van der Waals surface area contributed by atoms with Crippen molar-refractivity contribution in [2.45, 2.75) is 87.9 Å². The molecule has 1 amide bonds. The summed E-state index contributed by atoms with van der Waals surface area (Å²) in [5, 5.41) is 26.9. The third-order valence-electron chi connectivity index (χ3n) is 10.8. The fourth-order valence-corrected chi connectivity index (χ4v) is 10.4. The number of rotatable bonds is 21. The van der Waals surface area contributed by atoms with Gasteiger partial charge in [0.1, 0.15) is 25.2 Å². The van der Waals surface area contributed by atoms with Crippen molar-refractivity contribution in [2.75, 3.05) is 45.4 Å². The first-order valence-corrected chi connectivity index (χ1v) is 20.8. The first-order valence-electron chi connectivity index (χ1n) is 19.3. The minimum Gasteiger partial charge on any atom is -0.490 e. The smallest absolute Gasteiger partial charge is 0.243 e. The lowest BCUT2D eigenvalue weighted by Crippen LogP contribution is -2.70. The number of hydrogen-bond acceptors (Lipinski definition) is 10. The first kappa shape index (κ1) is 42.1. The maximum absolute atomic E-state index is 14.9. The highest BCUT2D eigenvalue weighted by Crippen LogP contribution is 2.62. The molecule has 12 nitrogen and oxygen atoms in total. The average molecular weight is 780 g/mol. The van der Waals surface area contributed by atoms with Crippen LogP contribution in [0.15, 0.2) is 89.5 Å². The lowest BCUT2D eigenvalue weighted by molar-refractivity contribution is -0.251. The molecule has 3 aliphatic rings. The molecular formula is C42H57N3O9S. The van der Waals surface area contributed by atoms with Crippen LogP contribution in [0.5, 0.6) is 11.5 Å². The number of carbonyl (C=O) groups is 1. The lowest BCUT2D eigenvalue weighted by Gasteiger charge is -2.59. The van der Waals surface area contributed by atoms with Gasteiger partial charge in [-0.25, -0.2) is 8.42 Å². The second kappa shape index (κ2) is 19.2. The molecule has 5 rings (SSSR count). The highest BCUT2D eigenvalue weighted by molar-refractivity contribution is 7.89. The van der Waals surface area contributed by atoms with E-state index in [9.17, 15) is 23.4 Å². The molecule has 3 N–H and O–H groups in total. The van der Waals surface area contributed by atoms with Gasteiger partial charge in [0, 0.05) is 50.3 Å². The van der Waals surface area contributed by atoms with Crippen LogP contribution < -0.4 is 14.8 Å². The second-order valence-corrected chi connectivity index (χ2v) is 16.3. The highest BCUT2D eigenvalue weighted by atomic mass is 32.2. The third kappa shape index (κ3) is 9.02. The summed E-state index contributed by atoms with van der Waals surface area (Å²) < 4.78 is 51.5. The predicted octanol–water partition coefficient (Wildman–Crippen LogP) is 6.57. The maximum atomic E-state index is 14.9. The number of benzene rings is 2. The van der Waals surface area contributed by atoms with Crippen molar-refractivity contribution >= 4 is 27.3 Å². The Hall–Kier alpha value is -4.01. The summed E-state index contributed by atoms with van der Waals surface area (Å²) in [5.74, 6) is -1.25. The Morgan fingerprint density at radius 1 is 1.05 bits per heavy atom. The van der Waals surface area contributed by atoms with Gasteiger partial charge in [0.15, 0.2) is 0 Å². The van der Waals surface area contributed by atoms with E-state index in [1.165, 1.54) is 30.5 Å². The van der Waals surface area contributed by atoms with Gasteiger partial charge in [0.25, 0.3) is 0 Å². The average Bonchev–Trinajstić information content (AvgIpc) is 3.17. The van der Waals surface area contributed by atoms with Crippen molar-refractivity contribution < 1.29 is 42.5 Å². The van der Waals surface area contributed by atoms with Gasteiger partial charge in [-0.15, -0.1) is 6.58 Å². The van der Waals surface area contributed by atoms with Crippen molar-refractivity contribution in [3.63, 3.8) is 0 Å². The number of ether oxygens (including phenoxy) is 3. The number of carbonyl (C=O) groups excluding carboxylic acids is 1. The Morgan fingerprint density at radius 2 is 1.76 bits per heavy atom.